The number of aryl methyl sites for hydroxylation is 1. The Morgan fingerprint density at radius 3 is 2.80 bits per heavy atom. The molecule has 102 valence electrons. The lowest BCUT2D eigenvalue weighted by molar-refractivity contribution is 1.19. The number of thiophene rings is 1. The lowest BCUT2D eigenvalue weighted by Crippen LogP contribution is -1.97. The minimum Gasteiger partial charge on any atom is -0.380 e. The highest BCUT2D eigenvalue weighted by Gasteiger charge is 2.03. The van der Waals surface area contributed by atoms with Crippen molar-refractivity contribution in [3.63, 3.8) is 0 Å². The first-order chi connectivity index (χ1) is 9.70. The Bertz CT molecular complexity index is 718. The second kappa shape index (κ2) is 5.95. The van der Waals surface area contributed by atoms with Gasteiger partial charge in [0.1, 0.15) is 0 Å². The normalized spacial score (nSPS) is 10.7. The van der Waals surface area contributed by atoms with Gasteiger partial charge in [0.15, 0.2) is 0 Å². The number of hydrogen-bond acceptors (Lipinski definition) is 4. The molecule has 20 heavy (non-hydrogen) atoms. The molecule has 0 spiro atoms. The maximum atomic E-state index is 5.93. The highest BCUT2D eigenvalue weighted by Crippen LogP contribution is 2.25. The van der Waals surface area contributed by atoms with E-state index in [9.17, 15) is 0 Å². The van der Waals surface area contributed by atoms with E-state index in [4.69, 9.17) is 11.6 Å². The van der Waals surface area contributed by atoms with E-state index < -0.39 is 0 Å². The van der Waals surface area contributed by atoms with Crippen molar-refractivity contribution in [2.75, 3.05) is 5.32 Å². The number of aromatic nitrogens is 1. The molecule has 3 rings (SSSR count). The van der Waals surface area contributed by atoms with Crippen molar-refractivity contribution in [1.29, 1.82) is 0 Å². The number of anilines is 1. The predicted octanol–water partition coefficient (Wildman–Crippen LogP) is 5.45. The Kier molecular flexibility index (Phi) is 4.05. The molecule has 2 heterocycles. The molecule has 2 aromatic heterocycles. The van der Waals surface area contributed by atoms with Gasteiger partial charge in [-0.3, -0.25) is 0 Å². The van der Waals surface area contributed by atoms with Crippen LogP contribution >= 0.6 is 34.3 Å². The van der Waals surface area contributed by atoms with Gasteiger partial charge in [-0.25, -0.2) is 4.98 Å². The van der Waals surface area contributed by atoms with Gasteiger partial charge in [0.2, 0.25) is 0 Å². The monoisotopic (exact) mass is 320 g/mol. The number of rotatable bonds is 4. The molecule has 0 amide bonds. The first-order valence-corrected chi connectivity index (χ1v) is 8.34. The molecule has 0 aliphatic rings. The summed E-state index contributed by atoms with van der Waals surface area (Å²) in [5, 5.41) is 9.35. The van der Waals surface area contributed by atoms with Gasteiger partial charge in [0, 0.05) is 33.4 Å². The van der Waals surface area contributed by atoms with Crippen LogP contribution < -0.4 is 5.32 Å². The summed E-state index contributed by atoms with van der Waals surface area (Å²) in [6.45, 7) is 2.81. The summed E-state index contributed by atoms with van der Waals surface area (Å²) in [6.07, 6.45) is 0. The first kappa shape index (κ1) is 13.6. The fourth-order valence-corrected chi connectivity index (χ4v) is 3.55. The molecule has 0 saturated carbocycles. The Morgan fingerprint density at radius 2 is 2.10 bits per heavy atom. The van der Waals surface area contributed by atoms with Gasteiger partial charge in [-0.2, -0.15) is 0 Å². The summed E-state index contributed by atoms with van der Waals surface area (Å²) >= 11 is 9.27. The smallest absolute Gasteiger partial charge is 0.0901 e. The zero-order valence-corrected chi connectivity index (χ0v) is 13.3. The molecule has 0 bridgehead atoms. The SMILES string of the molecule is Cc1nc(-c2cccc(NCc3cc(Cl)cs3)c2)cs1. The lowest BCUT2D eigenvalue weighted by Gasteiger charge is -2.06. The third kappa shape index (κ3) is 3.20. The van der Waals surface area contributed by atoms with Crippen LogP contribution in [-0.2, 0) is 6.54 Å². The van der Waals surface area contributed by atoms with Crippen LogP contribution in [0.25, 0.3) is 11.3 Å². The van der Waals surface area contributed by atoms with Crippen molar-refractivity contribution in [3.05, 3.63) is 56.0 Å². The number of nitrogens with one attached hydrogen (secondary N) is 1. The van der Waals surface area contributed by atoms with Gasteiger partial charge >= 0.3 is 0 Å². The topological polar surface area (TPSA) is 24.9 Å². The highest BCUT2D eigenvalue weighted by atomic mass is 35.5. The summed E-state index contributed by atoms with van der Waals surface area (Å²) in [7, 11) is 0. The van der Waals surface area contributed by atoms with E-state index in [2.05, 4.69) is 33.9 Å². The molecule has 0 fully saturated rings. The van der Waals surface area contributed by atoms with E-state index in [1.165, 1.54) is 4.88 Å². The van der Waals surface area contributed by atoms with Crippen molar-refractivity contribution >= 4 is 40.0 Å². The molecular formula is C15H13ClN2S2. The van der Waals surface area contributed by atoms with Crippen molar-refractivity contribution in [2.45, 2.75) is 13.5 Å². The molecule has 0 unspecified atom stereocenters. The quantitative estimate of drug-likeness (QED) is 0.691. The number of nitrogens with zero attached hydrogens (tertiary/aromatic N) is 1. The molecule has 0 aliphatic carbocycles. The average molecular weight is 321 g/mol. The van der Waals surface area contributed by atoms with Gasteiger partial charge in [0.25, 0.3) is 0 Å². The molecule has 0 aliphatic heterocycles. The minimum absolute atomic E-state index is 0.789. The standard InChI is InChI=1S/C15H13ClN2S2/c1-10-18-15(9-19-10)11-3-2-4-13(5-11)17-7-14-6-12(16)8-20-14/h2-6,8-9,17H,7H2,1H3. The summed E-state index contributed by atoms with van der Waals surface area (Å²) in [5.41, 5.74) is 3.27. The lowest BCUT2D eigenvalue weighted by atomic mass is 10.1. The van der Waals surface area contributed by atoms with Crippen LogP contribution in [0.1, 0.15) is 9.88 Å². The molecule has 0 atom stereocenters. The van der Waals surface area contributed by atoms with E-state index in [0.717, 1.165) is 33.5 Å². The third-order valence-electron chi connectivity index (χ3n) is 2.87. The number of hydrogen-bond donors (Lipinski definition) is 1. The van der Waals surface area contributed by atoms with Crippen molar-refractivity contribution in [1.82, 2.24) is 4.98 Å². The van der Waals surface area contributed by atoms with Crippen LogP contribution in [0.2, 0.25) is 5.02 Å². The van der Waals surface area contributed by atoms with E-state index >= 15 is 0 Å². The van der Waals surface area contributed by atoms with E-state index in [0.29, 0.717) is 0 Å². The second-order valence-electron chi connectivity index (χ2n) is 4.42. The zero-order chi connectivity index (χ0) is 13.9. The molecular weight excluding hydrogens is 308 g/mol. The molecule has 5 heteroatoms. The molecule has 1 N–H and O–H groups in total. The van der Waals surface area contributed by atoms with Crippen molar-refractivity contribution in [2.24, 2.45) is 0 Å². The van der Waals surface area contributed by atoms with Crippen LogP contribution in [0.4, 0.5) is 5.69 Å². The largest absolute Gasteiger partial charge is 0.380 e. The predicted molar refractivity (Wildman–Crippen MR) is 88.9 cm³/mol. The fourth-order valence-electron chi connectivity index (χ4n) is 1.92. The molecule has 1 aromatic carbocycles. The second-order valence-corrected chi connectivity index (χ2v) is 6.91. The Morgan fingerprint density at radius 1 is 1.20 bits per heavy atom. The number of benzene rings is 1. The van der Waals surface area contributed by atoms with Gasteiger partial charge in [-0.05, 0) is 25.1 Å². The van der Waals surface area contributed by atoms with Crippen LogP contribution in [0.3, 0.4) is 0 Å². The van der Waals surface area contributed by atoms with Crippen LogP contribution in [0.5, 0.6) is 0 Å². The van der Waals surface area contributed by atoms with E-state index in [-0.39, 0.29) is 0 Å². The molecule has 3 aromatic rings. The minimum atomic E-state index is 0.789. The Hall–Kier alpha value is -1.36. The number of thiazole rings is 1. The fraction of sp³-hybridized carbons (Fsp3) is 0.133. The van der Waals surface area contributed by atoms with Crippen LogP contribution in [0, 0.1) is 6.92 Å². The maximum Gasteiger partial charge on any atom is 0.0901 e. The molecule has 0 radical (unpaired) electrons. The Labute approximate surface area is 131 Å². The van der Waals surface area contributed by atoms with E-state index in [1.807, 2.05) is 24.4 Å². The van der Waals surface area contributed by atoms with Gasteiger partial charge in [-0.15, -0.1) is 22.7 Å². The van der Waals surface area contributed by atoms with Crippen LogP contribution in [-0.4, -0.2) is 4.98 Å². The summed E-state index contributed by atoms with van der Waals surface area (Å²) in [4.78, 5) is 5.75. The molecule has 0 saturated heterocycles. The van der Waals surface area contributed by atoms with Crippen molar-refractivity contribution in [3.8, 4) is 11.3 Å². The summed E-state index contributed by atoms with van der Waals surface area (Å²) < 4.78 is 0. The summed E-state index contributed by atoms with van der Waals surface area (Å²) in [6, 6.07) is 10.3. The van der Waals surface area contributed by atoms with Gasteiger partial charge in [0.05, 0.1) is 15.7 Å². The van der Waals surface area contributed by atoms with Gasteiger partial charge in [-0.1, -0.05) is 23.7 Å². The average Bonchev–Trinajstić information content (AvgIpc) is 3.06. The van der Waals surface area contributed by atoms with E-state index in [1.54, 1.807) is 22.7 Å². The summed E-state index contributed by atoms with van der Waals surface area (Å²) in [5.74, 6) is 0. The molecule has 2 nitrogen and oxygen atoms in total. The third-order valence-corrected chi connectivity index (χ3v) is 4.92. The van der Waals surface area contributed by atoms with Crippen LogP contribution in [0.15, 0.2) is 41.1 Å². The van der Waals surface area contributed by atoms with Crippen molar-refractivity contribution < 1.29 is 0 Å². The Balaban J connectivity index is 1.74. The highest BCUT2D eigenvalue weighted by molar-refractivity contribution is 7.10. The zero-order valence-electron chi connectivity index (χ0n) is 10.9. The number of halogens is 1. The van der Waals surface area contributed by atoms with Gasteiger partial charge < -0.3 is 5.32 Å². The maximum absolute atomic E-state index is 5.93. The first-order valence-electron chi connectivity index (χ1n) is 6.20.